The molecule has 2 aromatic rings. The second kappa shape index (κ2) is 5.83. The maximum absolute atomic E-state index is 12.6. The Labute approximate surface area is 129 Å². The lowest BCUT2D eigenvalue weighted by Gasteiger charge is -2.18. The lowest BCUT2D eigenvalue weighted by atomic mass is 10.0. The van der Waals surface area contributed by atoms with Gasteiger partial charge < -0.3 is 4.42 Å². The topological polar surface area (TPSA) is 50.5 Å². The van der Waals surface area contributed by atoms with Crippen molar-refractivity contribution in [1.82, 2.24) is 4.31 Å². The Bertz CT molecular complexity index is 712. The van der Waals surface area contributed by atoms with Crippen molar-refractivity contribution in [1.29, 1.82) is 0 Å². The molecular weight excluding hydrogens is 310 g/mol. The van der Waals surface area contributed by atoms with Gasteiger partial charge in [-0.3, -0.25) is 0 Å². The molecule has 0 amide bonds. The summed E-state index contributed by atoms with van der Waals surface area (Å²) in [5, 5.41) is -0.0240. The highest BCUT2D eigenvalue weighted by molar-refractivity contribution is 7.89. The zero-order valence-corrected chi connectivity index (χ0v) is 13.0. The molecule has 0 spiro atoms. The molecule has 0 radical (unpaired) electrons. The second-order valence-electron chi connectivity index (χ2n) is 5.03. The molecule has 21 heavy (non-hydrogen) atoms. The molecule has 0 saturated heterocycles. The summed E-state index contributed by atoms with van der Waals surface area (Å²) in [4.78, 5) is 0. The molecular formula is C15H16ClNO3S. The zero-order chi connectivity index (χ0) is 14.9. The molecule has 0 saturated carbocycles. The molecule has 1 aliphatic rings. The van der Waals surface area contributed by atoms with Gasteiger partial charge >= 0.3 is 0 Å². The van der Waals surface area contributed by atoms with Crippen molar-refractivity contribution in [3.8, 4) is 0 Å². The van der Waals surface area contributed by atoms with Gasteiger partial charge in [0.1, 0.15) is 5.76 Å². The highest BCUT2D eigenvalue weighted by atomic mass is 35.5. The van der Waals surface area contributed by atoms with E-state index in [4.69, 9.17) is 16.0 Å². The van der Waals surface area contributed by atoms with Crippen LogP contribution >= 0.6 is 11.6 Å². The molecule has 1 aromatic heterocycles. The number of furan rings is 1. The van der Waals surface area contributed by atoms with Crippen LogP contribution in [0.15, 0.2) is 45.9 Å². The van der Waals surface area contributed by atoms with Gasteiger partial charge in [0.2, 0.25) is 5.09 Å². The van der Waals surface area contributed by atoms with Gasteiger partial charge in [-0.15, -0.1) is 11.6 Å². The van der Waals surface area contributed by atoms with Crippen LogP contribution in [0, 0.1) is 0 Å². The molecule has 2 heterocycles. The minimum Gasteiger partial charge on any atom is -0.447 e. The number of alkyl halides is 1. The van der Waals surface area contributed by atoms with Crippen LogP contribution in [0.25, 0.3) is 0 Å². The number of fused-ring (bicyclic) bond motifs is 1. The van der Waals surface area contributed by atoms with E-state index in [1.807, 2.05) is 12.1 Å². The van der Waals surface area contributed by atoms with Gasteiger partial charge in [-0.1, -0.05) is 24.3 Å². The molecule has 0 aliphatic carbocycles. The summed E-state index contributed by atoms with van der Waals surface area (Å²) < 4.78 is 32.0. The molecule has 3 rings (SSSR count). The van der Waals surface area contributed by atoms with E-state index < -0.39 is 10.0 Å². The second-order valence-corrected chi connectivity index (χ2v) is 7.16. The molecule has 1 aliphatic heterocycles. The Hall–Kier alpha value is -1.30. The van der Waals surface area contributed by atoms with Crippen LogP contribution in [0.5, 0.6) is 0 Å². The minimum atomic E-state index is -3.58. The fourth-order valence-corrected chi connectivity index (χ4v) is 4.10. The Morgan fingerprint density at radius 1 is 1.05 bits per heavy atom. The van der Waals surface area contributed by atoms with Crippen LogP contribution in [0.2, 0.25) is 0 Å². The van der Waals surface area contributed by atoms with Crippen molar-refractivity contribution in [2.24, 2.45) is 0 Å². The van der Waals surface area contributed by atoms with Crippen molar-refractivity contribution < 1.29 is 12.8 Å². The highest BCUT2D eigenvalue weighted by Gasteiger charge is 2.29. The van der Waals surface area contributed by atoms with Gasteiger partial charge in [0.05, 0.1) is 5.88 Å². The van der Waals surface area contributed by atoms with Crippen molar-refractivity contribution in [3.05, 3.63) is 53.3 Å². The first-order valence-corrected chi connectivity index (χ1v) is 8.80. The molecule has 1 aromatic carbocycles. The fourth-order valence-electron chi connectivity index (χ4n) is 2.58. The van der Waals surface area contributed by atoms with Crippen LogP contribution in [0.3, 0.4) is 0 Å². The number of hydrogen-bond donors (Lipinski definition) is 0. The predicted octanol–water partition coefficient (Wildman–Crippen LogP) is 2.81. The van der Waals surface area contributed by atoms with Crippen LogP contribution < -0.4 is 0 Å². The van der Waals surface area contributed by atoms with E-state index >= 15 is 0 Å². The Morgan fingerprint density at radius 3 is 2.19 bits per heavy atom. The van der Waals surface area contributed by atoms with E-state index in [1.165, 1.54) is 21.5 Å². The van der Waals surface area contributed by atoms with Crippen LogP contribution in [0.1, 0.15) is 16.9 Å². The van der Waals surface area contributed by atoms with Gasteiger partial charge in [-0.25, -0.2) is 8.42 Å². The molecule has 0 N–H and O–H groups in total. The van der Waals surface area contributed by atoms with E-state index in [0.29, 0.717) is 18.8 Å². The van der Waals surface area contributed by atoms with Crippen molar-refractivity contribution in [3.63, 3.8) is 0 Å². The predicted molar refractivity (Wildman–Crippen MR) is 80.9 cm³/mol. The maximum atomic E-state index is 12.6. The van der Waals surface area contributed by atoms with Crippen LogP contribution in [-0.2, 0) is 28.7 Å². The number of rotatable bonds is 3. The van der Waals surface area contributed by atoms with Crippen molar-refractivity contribution in [2.45, 2.75) is 23.8 Å². The average molecular weight is 326 g/mol. The largest absolute Gasteiger partial charge is 0.447 e. The summed E-state index contributed by atoms with van der Waals surface area (Å²) in [6.07, 6.45) is 1.44. The first-order chi connectivity index (χ1) is 10.1. The number of benzene rings is 1. The Balaban J connectivity index is 1.84. The van der Waals surface area contributed by atoms with E-state index in [1.54, 1.807) is 6.07 Å². The van der Waals surface area contributed by atoms with Crippen LogP contribution in [0.4, 0.5) is 0 Å². The minimum absolute atomic E-state index is 0.0240. The van der Waals surface area contributed by atoms with E-state index in [2.05, 4.69) is 12.1 Å². The molecule has 0 unspecified atom stereocenters. The summed E-state index contributed by atoms with van der Waals surface area (Å²) in [7, 11) is -3.58. The Kier molecular flexibility index (Phi) is 4.06. The standard InChI is InChI=1S/C15H16ClNO3S/c16-11-14-5-6-15(20-14)21(18,19)17-9-7-12-3-1-2-4-13(12)8-10-17/h1-6H,7-11H2. The molecule has 112 valence electrons. The molecule has 0 fully saturated rings. The maximum Gasteiger partial charge on any atom is 0.276 e. The van der Waals surface area contributed by atoms with Gasteiger partial charge in [-0.2, -0.15) is 4.31 Å². The quantitative estimate of drug-likeness (QED) is 0.815. The summed E-state index contributed by atoms with van der Waals surface area (Å²) in [6.45, 7) is 0.937. The lowest BCUT2D eigenvalue weighted by molar-refractivity contribution is 0.378. The summed E-state index contributed by atoms with van der Waals surface area (Å²) in [5.41, 5.74) is 2.44. The van der Waals surface area contributed by atoms with Gasteiger partial charge in [0.25, 0.3) is 10.0 Å². The van der Waals surface area contributed by atoms with E-state index in [9.17, 15) is 8.42 Å². The zero-order valence-electron chi connectivity index (χ0n) is 11.5. The number of hydrogen-bond acceptors (Lipinski definition) is 3. The van der Waals surface area contributed by atoms with Crippen molar-refractivity contribution >= 4 is 21.6 Å². The number of nitrogens with zero attached hydrogens (tertiary/aromatic N) is 1. The molecule has 6 heteroatoms. The smallest absolute Gasteiger partial charge is 0.276 e. The van der Waals surface area contributed by atoms with Crippen molar-refractivity contribution in [2.75, 3.05) is 13.1 Å². The number of halogens is 1. The van der Waals surface area contributed by atoms with Crippen LogP contribution in [-0.4, -0.2) is 25.8 Å². The van der Waals surface area contributed by atoms with Gasteiger partial charge in [0, 0.05) is 13.1 Å². The summed E-state index contributed by atoms with van der Waals surface area (Å²) in [5.74, 6) is 0.634. The summed E-state index contributed by atoms with van der Waals surface area (Å²) >= 11 is 5.66. The molecule has 4 nitrogen and oxygen atoms in total. The third-order valence-corrected chi connectivity index (χ3v) is 5.78. The normalized spacial score (nSPS) is 16.4. The van der Waals surface area contributed by atoms with E-state index in [0.717, 1.165) is 12.8 Å². The third-order valence-electron chi connectivity index (χ3n) is 3.74. The third kappa shape index (κ3) is 2.86. The first kappa shape index (κ1) is 14.6. The highest BCUT2D eigenvalue weighted by Crippen LogP contribution is 2.23. The Morgan fingerprint density at radius 2 is 1.67 bits per heavy atom. The van der Waals surface area contributed by atoms with Gasteiger partial charge in [-0.05, 0) is 36.1 Å². The first-order valence-electron chi connectivity index (χ1n) is 6.83. The van der Waals surface area contributed by atoms with E-state index in [-0.39, 0.29) is 11.0 Å². The fraction of sp³-hybridized carbons (Fsp3) is 0.333. The SMILES string of the molecule is O=S(=O)(c1ccc(CCl)o1)N1CCc2ccccc2CC1. The summed E-state index contributed by atoms with van der Waals surface area (Å²) in [6, 6.07) is 11.2. The monoisotopic (exact) mass is 325 g/mol. The molecule has 0 atom stereocenters. The molecule has 0 bridgehead atoms. The van der Waals surface area contributed by atoms with Gasteiger partial charge in [0.15, 0.2) is 0 Å². The lowest BCUT2D eigenvalue weighted by Crippen LogP contribution is -2.33. The number of sulfonamides is 1. The average Bonchev–Trinajstić information content (AvgIpc) is 2.87.